The first kappa shape index (κ1) is 28.0. The molecular formula is C17H36N3O7P2+. The lowest BCUT2D eigenvalue weighted by Gasteiger charge is -2.07. The highest BCUT2D eigenvalue weighted by Crippen LogP contribution is 2.50. The van der Waals surface area contributed by atoms with Crippen LogP contribution in [0.4, 0.5) is 0 Å². The van der Waals surface area contributed by atoms with E-state index in [2.05, 4.69) is 26.4 Å². The Kier molecular flexibility index (Phi) is 17.2. The van der Waals surface area contributed by atoms with Gasteiger partial charge in [-0.3, -0.25) is 14.2 Å². The van der Waals surface area contributed by atoms with Gasteiger partial charge in [-0.2, -0.15) is 0 Å². The van der Waals surface area contributed by atoms with E-state index in [1.165, 1.54) is 12.8 Å². The van der Waals surface area contributed by atoms with Gasteiger partial charge in [-0.05, 0) is 36.4 Å². The molecule has 0 heterocycles. The van der Waals surface area contributed by atoms with Crippen molar-refractivity contribution in [1.82, 2.24) is 10.6 Å². The van der Waals surface area contributed by atoms with Gasteiger partial charge in [0.15, 0.2) is 0 Å². The van der Waals surface area contributed by atoms with Gasteiger partial charge in [0.2, 0.25) is 5.91 Å². The van der Waals surface area contributed by atoms with Gasteiger partial charge < -0.3 is 16.4 Å². The quantitative estimate of drug-likeness (QED) is 0.145. The van der Waals surface area contributed by atoms with E-state index in [9.17, 15) is 13.9 Å². The van der Waals surface area contributed by atoms with Gasteiger partial charge in [0.05, 0.1) is 6.61 Å². The van der Waals surface area contributed by atoms with Gasteiger partial charge in [0.1, 0.15) is 0 Å². The first-order valence-corrected chi connectivity index (χ1v) is 12.7. The summed E-state index contributed by atoms with van der Waals surface area (Å²) in [5.74, 6) is 0.00603. The molecule has 1 amide bonds. The number of unbranched alkanes of at least 4 members (excludes halogenated alkanes) is 5. The molecule has 10 nitrogen and oxygen atoms in total. The van der Waals surface area contributed by atoms with Crippen LogP contribution in [0.3, 0.4) is 0 Å². The van der Waals surface area contributed by atoms with Crippen LogP contribution in [0.15, 0.2) is 11.9 Å². The third-order valence-corrected chi connectivity index (χ3v) is 5.80. The molecule has 0 rings (SSSR count). The van der Waals surface area contributed by atoms with Crippen molar-refractivity contribution in [1.29, 1.82) is 0 Å². The zero-order valence-corrected chi connectivity index (χ0v) is 19.0. The van der Waals surface area contributed by atoms with Crippen molar-refractivity contribution in [3.05, 3.63) is 11.9 Å². The number of phosphoric acid groups is 1. The largest absolute Gasteiger partial charge is 0.705 e. The van der Waals surface area contributed by atoms with Crippen LogP contribution in [-0.4, -0.2) is 35.4 Å². The summed E-state index contributed by atoms with van der Waals surface area (Å²) in [4.78, 5) is 29.2. The molecule has 0 spiro atoms. The van der Waals surface area contributed by atoms with Gasteiger partial charge in [0, 0.05) is 36.0 Å². The summed E-state index contributed by atoms with van der Waals surface area (Å²) in [5, 5.41) is 5.98. The molecule has 0 aromatic carbocycles. The molecule has 0 radical (unpaired) electrons. The molecule has 0 aromatic heterocycles. The van der Waals surface area contributed by atoms with Crippen LogP contribution in [0.2, 0.25) is 0 Å². The Morgan fingerprint density at radius 1 is 1.10 bits per heavy atom. The molecule has 0 bridgehead atoms. The number of amides is 1. The van der Waals surface area contributed by atoms with Gasteiger partial charge in [-0.1, -0.05) is 32.6 Å². The number of rotatable bonds is 19. The molecule has 0 aromatic rings. The van der Waals surface area contributed by atoms with Crippen molar-refractivity contribution in [2.75, 3.05) is 19.7 Å². The number of hydrogen-bond donors (Lipinski definition) is 5. The van der Waals surface area contributed by atoms with Gasteiger partial charge in [-0.25, -0.2) is 4.57 Å². The van der Waals surface area contributed by atoms with Gasteiger partial charge in [0.25, 0.3) is 0 Å². The summed E-state index contributed by atoms with van der Waals surface area (Å²) < 4.78 is 29.9. The molecule has 12 heteroatoms. The van der Waals surface area contributed by atoms with E-state index in [1.54, 1.807) is 0 Å². The lowest BCUT2D eigenvalue weighted by atomic mass is 10.2. The molecule has 2 unspecified atom stereocenters. The van der Waals surface area contributed by atoms with Crippen LogP contribution < -0.4 is 16.4 Å². The Labute approximate surface area is 174 Å². The lowest BCUT2D eigenvalue weighted by molar-refractivity contribution is -0.121. The Bertz CT molecular complexity index is 547. The Morgan fingerprint density at radius 2 is 1.83 bits per heavy atom. The second-order valence-corrected chi connectivity index (χ2v) is 8.94. The first-order valence-electron chi connectivity index (χ1n) is 10.0. The number of allylic oxidation sites excluding steroid dienone is 1. The van der Waals surface area contributed by atoms with Crippen molar-refractivity contribution in [3.8, 4) is 0 Å². The number of carbonyl (C=O) groups excluding carboxylic acids is 1. The standard InChI is InChI=1S/C17H35N3O7P2/c1-2-3-6-10-16(18)15-19-12-9-11-17(21)20-13-7-4-5-8-14-26-29(24,25)27-28(22)23/h15,19H,2-14,18H2,1H3,(H2-,20,21,22,23,24,25)/p+1/b16-15-. The minimum atomic E-state index is -4.46. The molecule has 29 heavy (non-hydrogen) atoms. The van der Waals surface area contributed by atoms with Gasteiger partial charge >= 0.3 is 16.1 Å². The smallest absolute Gasteiger partial charge is 0.401 e. The molecule has 170 valence electrons. The second kappa shape index (κ2) is 17.8. The fourth-order valence-corrected chi connectivity index (χ4v) is 3.65. The highest BCUT2D eigenvalue weighted by molar-refractivity contribution is 7.55. The zero-order valence-electron chi connectivity index (χ0n) is 17.2. The van der Waals surface area contributed by atoms with Crippen LogP contribution in [0.25, 0.3) is 0 Å². The minimum absolute atomic E-state index is 0.00603. The van der Waals surface area contributed by atoms with Crippen LogP contribution in [0, 0.1) is 0 Å². The summed E-state index contributed by atoms with van der Waals surface area (Å²) >= 11 is 0. The fourth-order valence-electron chi connectivity index (χ4n) is 2.39. The Balaban J connectivity index is 3.51. The molecule has 6 N–H and O–H groups in total. The van der Waals surface area contributed by atoms with E-state index in [0.717, 1.165) is 44.2 Å². The lowest BCUT2D eigenvalue weighted by Crippen LogP contribution is -2.25. The van der Waals surface area contributed by atoms with Crippen molar-refractivity contribution < 1.29 is 32.5 Å². The Morgan fingerprint density at radius 3 is 2.52 bits per heavy atom. The highest BCUT2D eigenvalue weighted by Gasteiger charge is 2.34. The van der Waals surface area contributed by atoms with Gasteiger partial charge in [-0.15, -0.1) is 4.89 Å². The van der Waals surface area contributed by atoms with Crippen LogP contribution in [0.5, 0.6) is 0 Å². The minimum Gasteiger partial charge on any atom is -0.401 e. The number of hydrogen-bond acceptors (Lipinski definition) is 7. The third kappa shape index (κ3) is 20.0. The predicted molar refractivity (Wildman–Crippen MR) is 112 cm³/mol. The molecule has 0 saturated heterocycles. The van der Waals surface area contributed by atoms with Crippen LogP contribution >= 0.6 is 16.1 Å². The predicted octanol–water partition coefficient (Wildman–Crippen LogP) is 3.20. The van der Waals surface area contributed by atoms with Crippen molar-refractivity contribution in [3.63, 3.8) is 0 Å². The Hall–Kier alpha value is -1.02. The topological polar surface area (TPSA) is 160 Å². The number of nitrogens with two attached hydrogens (primary N) is 1. The zero-order chi connectivity index (χ0) is 22.0. The number of phosphoric ester groups is 1. The van der Waals surface area contributed by atoms with E-state index in [-0.39, 0.29) is 12.5 Å². The van der Waals surface area contributed by atoms with E-state index < -0.39 is 16.1 Å². The fraction of sp³-hybridized carbons (Fsp3) is 0.824. The van der Waals surface area contributed by atoms with Crippen LogP contribution in [-0.2, 0) is 22.8 Å². The maximum Gasteiger partial charge on any atom is 0.705 e. The highest BCUT2D eigenvalue weighted by atomic mass is 31.2. The molecule has 0 saturated carbocycles. The average Bonchev–Trinajstić information content (AvgIpc) is 2.62. The molecule has 0 fully saturated rings. The van der Waals surface area contributed by atoms with E-state index >= 15 is 0 Å². The summed E-state index contributed by atoms with van der Waals surface area (Å²) in [5.41, 5.74) is 6.72. The SMILES string of the molecule is CCCCC/C(N)=C/NCCCC(=O)NCCCCCCOP(=O)(O)O[P+](=O)O. The van der Waals surface area contributed by atoms with E-state index in [0.29, 0.717) is 25.9 Å². The normalized spacial score (nSPS) is 14.3. The van der Waals surface area contributed by atoms with Crippen molar-refractivity contribution >= 4 is 22.0 Å². The molecule has 0 aliphatic heterocycles. The molecule has 0 aliphatic rings. The maximum absolute atomic E-state index is 11.7. The van der Waals surface area contributed by atoms with Crippen LogP contribution in [0.1, 0.15) is 71.1 Å². The summed E-state index contributed by atoms with van der Waals surface area (Å²) in [6, 6.07) is 0. The van der Waals surface area contributed by atoms with E-state index in [1.807, 2.05) is 6.20 Å². The summed E-state index contributed by atoms with van der Waals surface area (Å²) in [7, 11) is -7.64. The second-order valence-electron chi connectivity index (χ2n) is 6.62. The number of carbonyl (C=O) groups is 1. The monoisotopic (exact) mass is 456 g/mol. The van der Waals surface area contributed by atoms with Crippen molar-refractivity contribution in [2.45, 2.75) is 71.1 Å². The van der Waals surface area contributed by atoms with Crippen molar-refractivity contribution in [2.24, 2.45) is 5.73 Å². The molecule has 0 aliphatic carbocycles. The van der Waals surface area contributed by atoms with E-state index in [4.69, 9.17) is 15.5 Å². The molecular weight excluding hydrogens is 420 g/mol. The summed E-state index contributed by atoms with van der Waals surface area (Å²) in [6.07, 6.45) is 10.2. The molecule has 2 atom stereocenters. The number of nitrogens with one attached hydrogen (secondary N) is 2. The first-order chi connectivity index (χ1) is 13.8. The average molecular weight is 456 g/mol. The third-order valence-electron chi connectivity index (χ3n) is 3.90. The maximum atomic E-state index is 11.7. The summed E-state index contributed by atoms with van der Waals surface area (Å²) in [6.45, 7) is 3.38.